The van der Waals surface area contributed by atoms with Gasteiger partial charge in [-0.25, -0.2) is 4.98 Å². The number of para-hydroxylation sites is 3. The van der Waals surface area contributed by atoms with Crippen molar-refractivity contribution in [2.45, 2.75) is 26.2 Å². The predicted octanol–water partition coefficient (Wildman–Crippen LogP) is 17.3. The summed E-state index contributed by atoms with van der Waals surface area (Å²) in [5, 5.41) is 2.27. The Hall–Kier alpha value is -8.87. The van der Waals surface area contributed by atoms with Gasteiger partial charge in [0, 0.05) is 51.5 Å². The van der Waals surface area contributed by atoms with Crippen molar-refractivity contribution in [3.63, 3.8) is 0 Å². The van der Waals surface area contributed by atoms with Crippen molar-refractivity contribution in [2.24, 2.45) is 0 Å². The molecule has 6 nitrogen and oxygen atoms in total. The summed E-state index contributed by atoms with van der Waals surface area (Å²) in [6, 6.07) is 77.4. The van der Waals surface area contributed by atoms with Crippen molar-refractivity contribution in [1.82, 2.24) is 9.55 Å². The molecule has 0 spiro atoms. The molecule has 0 saturated heterocycles. The molecular weight excluding hydrogens is 857 g/mol. The van der Waals surface area contributed by atoms with Crippen LogP contribution in [-0.4, -0.2) is 16.2 Å². The summed E-state index contributed by atoms with van der Waals surface area (Å²) in [5.74, 6) is 3.85. The highest BCUT2D eigenvalue weighted by molar-refractivity contribution is 6.11. The highest BCUT2D eigenvalue weighted by Crippen LogP contribution is 2.51. The molecule has 0 radical (unpaired) electrons. The van der Waals surface area contributed by atoms with Gasteiger partial charge in [-0.1, -0.05) is 148 Å². The SMILES string of the molecule is CC(C)(C)c1cc2ncc1-c1cccc(c1)Oc1ccc(cc1)-c1cccc(-c3ccccc3)c1N1CN(c3cccc(c3)Oc3ccc4c5cc(-c6ccccc6)ccc5n-2c4c3)c2ccccc21. The number of rotatable bonds is 2. The summed E-state index contributed by atoms with van der Waals surface area (Å²) in [5.41, 5.74) is 16.4. The normalized spacial score (nSPS) is 12.9. The van der Waals surface area contributed by atoms with Crippen LogP contribution in [0, 0.1) is 0 Å². The number of aromatic nitrogens is 2. The number of fused-ring (bicyclic) bond motifs is 3. The van der Waals surface area contributed by atoms with Gasteiger partial charge in [-0.2, -0.15) is 0 Å². The summed E-state index contributed by atoms with van der Waals surface area (Å²) in [7, 11) is 0. The Balaban J connectivity index is 1.02. The van der Waals surface area contributed by atoms with Gasteiger partial charge in [-0.3, -0.25) is 4.57 Å². The lowest BCUT2D eigenvalue weighted by molar-refractivity contribution is 0.483. The van der Waals surface area contributed by atoms with Crippen molar-refractivity contribution in [1.29, 1.82) is 0 Å². The lowest BCUT2D eigenvalue weighted by Crippen LogP contribution is -2.24. The van der Waals surface area contributed by atoms with E-state index in [2.05, 4.69) is 241 Å². The van der Waals surface area contributed by atoms with Crippen LogP contribution in [0.4, 0.5) is 22.7 Å². The maximum absolute atomic E-state index is 6.91. The number of hydrogen-bond donors (Lipinski definition) is 0. The minimum absolute atomic E-state index is 0.217. The van der Waals surface area contributed by atoms with Gasteiger partial charge in [0.25, 0.3) is 0 Å². The van der Waals surface area contributed by atoms with Crippen LogP contribution < -0.4 is 19.3 Å². The zero-order chi connectivity index (χ0) is 46.9. The highest BCUT2D eigenvalue weighted by Gasteiger charge is 2.32. The first-order valence-corrected chi connectivity index (χ1v) is 23.9. The molecule has 9 aromatic carbocycles. The van der Waals surface area contributed by atoms with Gasteiger partial charge in [0.1, 0.15) is 35.5 Å². The van der Waals surface area contributed by atoms with Crippen LogP contribution >= 0.6 is 0 Å². The van der Waals surface area contributed by atoms with Crippen molar-refractivity contribution in [2.75, 3.05) is 16.5 Å². The molecule has 0 amide bonds. The highest BCUT2D eigenvalue weighted by atomic mass is 16.5. The van der Waals surface area contributed by atoms with E-state index in [-0.39, 0.29) is 5.41 Å². The van der Waals surface area contributed by atoms with Crippen LogP contribution in [0.1, 0.15) is 26.3 Å². The summed E-state index contributed by atoms with van der Waals surface area (Å²) in [6.45, 7) is 7.40. The number of pyridine rings is 1. The topological polar surface area (TPSA) is 42.8 Å². The Morgan fingerprint density at radius 1 is 0.414 bits per heavy atom. The average Bonchev–Trinajstić information content (AvgIpc) is 3.94. The molecule has 0 unspecified atom stereocenters. The Morgan fingerprint density at radius 3 is 1.77 bits per heavy atom. The molecule has 0 aliphatic carbocycles. The molecule has 2 aromatic heterocycles. The molecule has 0 fully saturated rings. The second kappa shape index (κ2) is 16.4. The monoisotopic (exact) mass is 904 g/mol. The number of anilines is 4. The van der Waals surface area contributed by atoms with Gasteiger partial charge >= 0.3 is 0 Å². The molecule has 0 N–H and O–H groups in total. The average molecular weight is 905 g/mol. The molecule has 0 atom stereocenters. The molecule has 16 rings (SSSR count). The molecular formula is C64H48N4O2. The molecule has 70 heavy (non-hydrogen) atoms. The van der Waals surface area contributed by atoms with E-state index in [1.165, 1.54) is 11.1 Å². The summed E-state index contributed by atoms with van der Waals surface area (Å²) < 4.78 is 15.9. The summed E-state index contributed by atoms with van der Waals surface area (Å²) >= 11 is 0. The van der Waals surface area contributed by atoms with Gasteiger partial charge in [-0.15, -0.1) is 0 Å². The Bertz CT molecular complexity index is 3800. The maximum Gasteiger partial charge on any atom is 0.137 e. The van der Waals surface area contributed by atoms with Gasteiger partial charge in [0.15, 0.2) is 0 Å². The molecule has 6 heteroatoms. The van der Waals surface area contributed by atoms with Crippen LogP contribution in [0.15, 0.2) is 225 Å². The fourth-order valence-corrected chi connectivity index (χ4v) is 10.5. The Kier molecular flexibility index (Phi) is 9.70. The van der Waals surface area contributed by atoms with Gasteiger partial charge in [0.2, 0.25) is 0 Å². The number of ether oxygens (including phenoxy) is 2. The number of benzene rings is 9. The zero-order valence-corrected chi connectivity index (χ0v) is 39.2. The largest absolute Gasteiger partial charge is 0.457 e. The van der Waals surface area contributed by atoms with E-state index >= 15 is 0 Å². The number of nitrogens with zero attached hydrogens (tertiary/aromatic N) is 4. The van der Waals surface area contributed by atoms with E-state index in [0.717, 1.165) is 112 Å². The third-order valence-electron chi connectivity index (χ3n) is 13.8. The molecule has 336 valence electrons. The Labute approximate surface area is 407 Å². The van der Waals surface area contributed by atoms with Crippen molar-refractivity contribution >= 4 is 44.6 Å². The van der Waals surface area contributed by atoms with Gasteiger partial charge in [0.05, 0.1) is 28.1 Å². The molecule has 5 aliphatic heterocycles. The van der Waals surface area contributed by atoms with Crippen molar-refractivity contribution < 1.29 is 9.47 Å². The minimum atomic E-state index is -0.217. The fraction of sp³-hybridized carbons (Fsp3) is 0.0781. The standard InChI is InChI=1S/C64H48N4O2/c1-64(2,3)57-39-62-65-40-56(57)46-19-12-21-49(35-46)69-48-30-27-44(28-31-48)53-24-14-23-52(43-17-8-5-9-18-43)63(53)67-41-66(59-25-10-11-26-60(59)67)47-20-13-22-50(37-47)70-51-32-33-54-55-36-45(42-15-6-4-7-16-42)29-34-58(55)68(62)61(54)38-51/h4-40H,41H2,1-3H3. The minimum Gasteiger partial charge on any atom is -0.457 e. The third-order valence-corrected chi connectivity index (χ3v) is 13.8. The lowest BCUT2D eigenvalue weighted by Gasteiger charge is -2.27. The van der Waals surface area contributed by atoms with Crippen molar-refractivity contribution in [3.8, 4) is 73.3 Å². The first-order valence-electron chi connectivity index (χ1n) is 23.9. The second-order valence-electron chi connectivity index (χ2n) is 19.3. The van der Waals surface area contributed by atoms with Crippen LogP contribution in [0.5, 0.6) is 23.0 Å². The van der Waals surface area contributed by atoms with E-state index in [1.807, 2.05) is 18.3 Å². The van der Waals surface area contributed by atoms with E-state index in [0.29, 0.717) is 6.67 Å². The van der Waals surface area contributed by atoms with E-state index in [4.69, 9.17) is 14.5 Å². The first-order chi connectivity index (χ1) is 34.3. The molecule has 5 aliphatic rings. The second-order valence-corrected chi connectivity index (χ2v) is 19.3. The van der Waals surface area contributed by atoms with Crippen LogP contribution in [0.25, 0.3) is 72.1 Å². The first kappa shape index (κ1) is 41.3. The van der Waals surface area contributed by atoms with Crippen LogP contribution in [0.3, 0.4) is 0 Å². The lowest BCUT2D eigenvalue weighted by atomic mass is 9.82. The molecule has 0 saturated carbocycles. The van der Waals surface area contributed by atoms with E-state index in [9.17, 15) is 0 Å². The van der Waals surface area contributed by atoms with Crippen LogP contribution in [-0.2, 0) is 5.41 Å². The van der Waals surface area contributed by atoms with E-state index in [1.54, 1.807) is 0 Å². The third kappa shape index (κ3) is 7.15. The predicted molar refractivity (Wildman–Crippen MR) is 288 cm³/mol. The smallest absolute Gasteiger partial charge is 0.137 e. The van der Waals surface area contributed by atoms with Gasteiger partial charge in [-0.05, 0) is 118 Å². The quantitative estimate of drug-likeness (QED) is 0.173. The van der Waals surface area contributed by atoms with E-state index < -0.39 is 0 Å². The van der Waals surface area contributed by atoms with Gasteiger partial charge < -0.3 is 19.3 Å². The molecule has 11 aromatic rings. The zero-order valence-electron chi connectivity index (χ0n) is 39.2. The molecule has 12 bridgehead atoms. The summed E-state index contributed by atoms with van der Waals surface area (Å²) in [6.07, 6.45) is 2.03. The van der Waals surface area contributed by atoms with Crippen LogP contribution in [0.2, 0.25) is 0 Å². The molecule has 7 heterocycles. The fourth-order valence-electron chi connectivity index (χ4n) is 10.5. The Morgan fingerprint density at radius 2 is 1.01 bits per heavy atom. The van der Waals surface area contributed by atoms with Crippen molar-refractivity contribution in [3.05, 3.63) is 230 Å². The summed E-state index contributed by atoms with van der Waals surface area (Å²) in [4.78, 5) is 10.1. The maximum atomic E-state index is 6.91. The number of hydrogen-bond acceptors (Lipinski definition) is 5.